The van der Waals surface area contributed by atoms with Crippen molar-refractivity contribution in [2.75, 3.05) is 14.2 Å². The summed E-state index contributed by atoms with van der Waals surface area (Å²) in [5.41, 5.74) is 7.21. The van der Waals surface area contributed by atoms with Crippen LogP contribution in [0.2, 0.25) is 0 Å². The zero-order valence-corrected chi connectivity index (χ0v) is 17.4. The van der Waals surface area contributed by atoms with E-state index in [0.29, 0.717) is 0 Å². The van der Waals surface area contributed by atoms with Crippen molar-refractivity contribution in [1.82, 2.24) is 9.55 Å². The molecule has 0 saturated heterocycles. The van der Waals surface area contributed by atoms with Crippen LogP contribution in [0.4, 0.5) is 0 Å². The van der Waals surface area contributed by atoms with E-state index in [1.807, 2.05) is 18.2 Å². The Morgan fingerprint density at radius 2 is 1.66 bits per heavy atom. The summed E-state index contributed by atoms with van der Waals surface area (Å²) in [5.74, 6) is 2.52. The average molecular weight is 386 g/mol. The summed E-state index contributed by atoms with van der Waals surface area (Å²) >= 11 is 0. The Morgan fingerprint density at radius 3 is 2.45 bits per heavy atom. The average Bonchev–Trinajstić information content (AvgIpc) is 3.07. The number of benzene rings is 3. The topological polar surface area (TPSA) is 36.3 Å². The lowest BCUT2D eigenvalue weighted by Crippen LogP contribution is -2.07. The third-order valence-electron chi connectivity index (χ3n) is 5.38. The molecule has 1 heterocycles. The summed E-state index contributed by atoms with van der Waals surface area (Å²) in [7, 11) is 3.32. The Bertz CT molecular complexity index is 1160. The van der Waals surface area contributed by atoms with Crippen LogP contribution in [-0.2, 0) is 13.0 Å². The maximum Gasteiger partial charge on any atom is 0.161 e. The maximum atomic E-state index is 5.48. The lowest BCUT2D eigenvalue weighted by Gasteiger charge is -2.13. The van der Waals surface area contributed by atoms with E-state index in [9.17, 15) is 0 Å². The van der Waals surface area contributed by atoms with Gasteiger partial charge < -0.3 is 14.0 Å². The second kappa shape index (κ2) is 8.00. The van der Waals surface area contributed by atoms with Gasteiger partial charge in [0.2, 0.25) is 0 Å². The maximum absolute atomic E-state index is 5.48. The highest BCUT2D eigenvalue weighted by molar-refractivity contribution is 5.76. The fraction of sp³-hybridized carbons (Fsp3) is 0.240. The highest BCUT2D eigenvalue weighted by atomic mass is 16.5. The van der Waals surface area contributed by atoms with Crippen molar-refractivity contribution in [3.05, 3.63) is 88.7 Å². The van der Waals surface area contributed by atoms with E-state index in [-0.39, 0.29) is 0 Å². The molecule has 0 aliphatic heterocycles. The van der Waals surface area contributed by atoms with Crippen molar-refractivity contribution in [2.24, 2.45) is 0 Å². The number of aryl methyl sites for hydroxylation is 2. The molecule has 0 unspecified atom stereocenters. The Morgan fingerprint density at radius 1 is 0.862 bits per heavy atom. The zero-order chi connectivity index (χ0) is 20.4. The predicted molar refractivity (Wildman–Crippen MR) is 117 cm³/mol. The number of aromatic nitrogens is 2. The molecule has 4 rings (SSSR count). The lowest BCUT2D eigenvalue weighted by molar-refractivity contribution is 0.354. The number of ether oxygens (including phenoxy) is 2. The zero-order valence-electron chi connectivity index (χ0n) is 17.4. The molecule has 4 aromatic rings. The summed E-state index contributed by atoms with van der Waals surface area (Å²) in [6.45, 7) is 5.11. The van der Waals surface area contributed by atoms with Gasteiger partial charge in [-0.15, -0.1) is 0 Å². The molecular formula is C25H26N2O2. The van der Waals surface area contributed by atoms with Crippen LogP contribution in [0.1, 0.15) is 28.1 Å². The molecule has 0 N–H and O–H groups in total. The number of para-hydroxylation sites is 2. The first-order chi connectivity index (χ1) is 14.1. The molecule has 1 aromatic heterocycles. The second-order valence-corrected chi connectivity index (χ2v) is 7.40. The summed E-state index contributed by atoms with van der Waals surface area (Å²) in [6, 6.07) is 21.0. The quantitative estimate of drug-likeness (QED) is 0.451. The summed E-state index contributed by atoms with van der Waals surface area (Å²) < 4.78 is 13.2. The molecular weight excluding hydrogens is 360 g/mol. The van der Waals surface area contributed by atoms with Crippen molar-refractivity contribution in [2.45, 2.75) is 26.8 Å². The van der Waals surface area contributed by atoms with Crippen LogP contribution in [0.15, 0.2) is 60.7 Å². The highest BCUT2D eigenvalue weighted by Crippen LogP contribution is 2.29. The molecule has 29 heavy (non-hydrogen) atoms. The smallest absolute Gasteiger partial charge is 0.161 e. The number of methoxy groups -OCH3 is 2. The Balaban J connectivity index is 1.77. The molecule has 0 fully saturated rings. The Kier molecular flexibility index (Phi) is 5.26. The van der Waals surface area contributed by atoms with Crippen LogP contribution in [0.3, 0.4) is 0 Å². The van der Waals surface area contributed by atoms with Crippen LogP contribution in [-0.4, -0.2) is 23.8 Å². The first kappa shape index (κ1) is 19.1. The van der Waals surface area contributed by atoms with Crippen molar-refractivity contribution in [1.29, 1.82) is 0 Å². The number of rotatable bonds is 6. The van der Waals surface area contributed by atoms with Crippen molar-refractivity contribution >= 4 is 11.0 Å². The van der Waals surface area contributed by atoms with E-state index < -0.39 is 0 Å². The molecule has 0 radical (unpaired) electrons. The molecule has 0 bridgehead atoms. The van der Waals surface area contributed by atoms with Crippen LogP contribution in [0.5, 0.6) is 11.5 Å². The van der Waals surface area contributed by atoms with Gasteiger partial charge in [0.15, 0.2) is 11.5 Å². The lowest BCUT2D eigenvalue weighted by atomic mass is 10.1. The minimum absolute atomic E-state index is 0.722. The second-order valence-electron chi connectivity index (χ2n) is 7.40. The van der Waals surface area contributed by atoms with Gasteiger partial charge in [-0.25, -0.2) is 4.98 Å². The summed E-state index contributed by atoms with van der Waals surface area (Å²) in [6.07, 6.45) is 0.722. The number of imidazole rings is 1. The van der Waals surface area contributed by atoms with E-state index in [1.54, 1.807) is 14.2 Å². The van der Waals surface area contributed by atoms with E-state index in [4.69, 9.17) is 14.5 Å². The third-order valence-corrected chi connectivity index (χ3v) is 5.38. The van der Waals surface area contributed by atoms with Crippen molar-refractivity contribution < 1.29 is 9.47 Å². The van der Waals surface area contributed by atoms with Crippen molar-refractivity contribution in [3.63, 3.8) is 0 Å². The van der Waals surface area contributed by atoms with E-state index in [0.717, 1.165) is 46.9 Å². The molecule has 0 aliphatic carbocycles. The van der Waals surface area contributed by atoms with Gasteiger partial charge in [0.1, 0.15) is 5.82 Å². The fourth-order valence-electron chi connectivity index (χ4n) is 3.75. The number of nitrogens with zero attached hydrogens (tertiary/aromatic N) is 2. The molecule has 0 saturated carbocycles. The molecule has 148 valence electrons. The van der Waals surface area contributed by atoms with Gasteiger partial charge in [-0.1, -0.05) is 42.0 Å². The predicted octanol–water partition coefficient (Wildman–Crippen LogP) is 5.31. The van der Waals surface area contributed by atoms with Crippen molar-refractivity contribution in [3.8, 4) is 11.5 Å². The molecule has 4 nitrogen and oxygen atoms in total. The van der Waals surface area contributed by atoms with Gasteiger partial charge in [-0.05, 0) is 54.8 Å². The summed E-state index contributed by atoms with van der Waals surface area (Å²) in [4.78, 5) is 4.95. The molecule has 3 aromatic carbocycles. The first-order valence-corrected chi connectivity index (χ1v) is 9.80. The van der Waals surface area contributed by atoms with Gasteiger partial charge in [0.25, 0.3) is 0 Å². The van der Waals surface area contributed by atoms with Gasteiger partial charge in [-0.2, -0.15) is 0 Å². The molecule has 0 amide bonds. The van der Waals surface area contributed by atoms with E-state index >= 15 is 0 Å². The summed E-state index contributed by atoms with van der Waals surface area (Å²) in [5, 5.41) is 0. The van der Waals surface area contributed by atoms with Crippen LogP contribution in [0.25, 0.3) is 11.0 Å². The first-order valence-electron chi connectivity index (χ1n) is 9.80. The number of hydrogen-bond donors (Lipinski definition) is 0. The van der Waals surface area contributed by atoms with Gasteiger partial charge in [-0.3, -0.25) is 0 Å². The minimum atomic E-state index is 0.722. The molecule has 0 aliphatic rings. The fourth-order valence-corrected chi connectivity index (χ4v) is 3.75. The van der Waals surface area contributed by atoms with Crippen LogP contribution in [0, 0.1) is 13.8 Å². The van der Waals surface area contributed by atoms with E-state index in [2.05, 4.69) is 60.9 Å². The number of fused-ring (bicyclic) bond motifs is 1. The molecule has 0 atom stereocenters. The molecule has 0 spiro atoms. The molecule has 4 heteroatoms. The van der Waals surface area contributed by atoms with E-state index in [1.165, 1.54) is 16.7 Å². The standard InChI is InChI=1S/C25H26N2O2/c1-17-9-10-18(2)20(13-17)16-27-22-8-6-5-7-21(22)26-25(27)15-19-11-12-23(28-3)24(14-19)29-4/h5-14H,15-16H2,1-4H3. The third kappa shape index (κ3) is 3.83. The minimum Gasteiger partial charge on any atom is -0.493 e. The monoisotopic (exact) mass is 386 g/mol. The largest absolute Gasteiger partial charge is 0.493 e. The van der Waals surface area contributed by atoms with Crippen LogP contribution < -0.4 is 9.47 Å². The Labute approximate surface area is 171 Å². The Hall–Kier alpha value is -3.27. The normalized spacial score (nSPS) is 11.0. The number of hydrogen-bond acceptors (Lipinski definition) is 3. The van der Waals surface area contributed by atoms with Gasteiger partial charge in [0.05, 0.1) is 25.3 Å². The van der Waals surface area contributed by atoms with Gasteiger partial charge in [0, 0.05) is 13.0 Å². The SMILES string of the molecule is COc1ccc(Cc2nc3ccccc3n2Cc2cc(C)ccc2C)cc1OC. The van der Waals surface area contributed by atoms with Gasteiger partial charge >= 0.3 is 0 Å². The highest BCUT2D eigenvalue weighted by Gasteiger charge is 2.14. The van der Waals surface area contributed by atoms with Crippen LogP contribution >= 0.6 is 0 Å².